The Morgan fingerprint density at radius 1 is 1.13 bits per heavy atom. The third-order valence-electron chi connectivity index (χ3n) is 5.11. The molecule has 1 aromatic heterocycles. The zero-order chi connectivity index (χ0) is 21.5. The Bertz CT molecular complexity index is 1060. The first kappa shape index (κ1) is 21.4. The van der Waals surface area contributed by atoms with Crippen molar-refractivity contribution in [3.8, 4) is 11.5 Å². The van der Waals surface area contributed by atoms with Gasteiger partial charge in [0, 0.05) is 25.6 Å². The molecule has 0 radical (unpaired) electrons. The van der Waals surface area contributed by atoms with Crippen LogP contribution in [0.4, 0.5) is 0 Å². The van der Waals surface area contributed by atoms with Crippen LogP contribution in [0.25, 0.3) is 10.9 Å². The van der Waals surface area contributed by atoms with Crippen molar-refractivity contribution in [2.75, 3.05) is 20.8 Å². The molecule has 0 saturated carbocycles. The van der Waals surface area contributed by atoms with Crippen LogP contribution in [0, 0.1) is 0 Å². The number of amides is 1. The lowest BCUT2D eigenvalue weighted by Gasteiger charge is -2.13. The number of hydrogen-bond acceptors (Lipinski definition) is 5. The number of carbonyl (C=O) groups is 1. The third kappa shape index (κ3) is 4.97. The van der Waals surface area contributed by atoms with Gasteiger partial charge in [0.05, 0.1) is 31.4 Å². The van der Waals surface area contributed by atoms with Crippen LogP contribution < -0.4 is 20.3 Å². The second kappa shape index (κ2) is 9.91. The predicted molar refractivity (Wildman–Crippen MR) is 116 cm³/mol. The second-order valence-electron chi connectivity index (χ2n) is 7.19. The normalized spacial score (nSPS) is 11.8. The van der Waals surface area contributed by atoms with Gasteiger partial charge in [0.1, 0.15) is 0 Å². The molecule has 1 amide bonds. The lowest BCUT2D eigenvalue weighted by Crippen LogP contribution is -2.28. The summed E-state index contributed by atoms with van der Waals surface area (Å²) in [5.74, 6) is 1.23. The van der Waals surface area contributed by atoms with Gasteiger partial charge < -0.3 is 14.8 Å². The minimum Gasteiger partial charge on any atom is -0.493 e. The molecule has 1 N–H and O–H groups in total. The number of carbonyl (C=O) groups excluding carboxylic acids is 1. The smallest absolute Gasteiger partial charge is 0.261 e. The van der Waals surface area contributed by atoms with Crippen LogP contribution >= 0.6 is 0 Å². The number of rotatable bonds is 9. The molecule has 30 heavy (non-hydrogen) atoms. The average molecular weight is 409 g/mol. The van der Waals surface area contributed by atoms with E-state index in [-0.39, 0.29) is 17.4 Å². The van der Waals surface area contributed by atoms with Crippen molar-refractivity contribution in [2.24, 2.45) is 0 Å². The summed E-state index contributed by atoms with van der Waals surface area (Å²) >= 11 is 0. The van der Waals surface area contributed by atoms with E-state index in [2.05, 4.69) is 29.4 Å². The Hall–Kier alpha value is -3.35. The third-order valence-corrected chi connectivity index (χ3v) is 5.11. The second-order valence-corrected chi connectivity index (χ2v) is 7.19. The molecule has 0 aliphatic carbocycles. The minimum atomic E-state index is -0.168. The van der Waals surface area contributed by atoms with Crippen molar-refractivity contribution in [3.05, 3.63) is 64.7 Å². The number of aryl methyl sites for hydroxylation is 1. The summed E-state index contributed by atoms with van der Waals surface area (Å²) in [4.78, 5) is 29.3. The number of ether oxygens (including phenoxy) is 2. The summed E-state index contributed by atoms with van der Waals surface area (Å²) < 4.78 is 12.1. The monoisotopic (exact) mass is 409 g/mol. The van der Waals surface area contributed by atoms with Crippen LogP contribution in [-0.4, -0.2) is 36.2 Å². The summed E-state index contributed by atoms with van der Waals surface area (Å²) in [5, 5.41) is 3.42. The predicted octanol–water partition coefficient (Wildman–Crippen LogP) is 3.11. The first-order valence-electron chi connectivity index (χ1n) is 9.96. The minimum absolute atomic E-state index is 0.0222. The van der Waals surface area contributed by atoms with E-state index in [1.807, 2.05) is 18.2 Å². The van der Waals surface area contributed by atoms with Gasteiger partial charge in [-0.05, 0) is 24.0 Å². The highest BCUT2D eigenvalue weighted by Gasteiger charge is 2.12. The van der Waals surface area contributed by atoms with Crippen molar-refractivity contribution in [3.63, 3.8) is 0 Å². The fourth-order valence-corrected chi connectivity index (χ4v) is 3.31. The number of nitrogens with zero attached hydrogens (tertiary/aromatic N) is 2. The van der Waals surface area contributed by atoms with Crippen molar-refractivity contribution in [2.45, 2.75) is 32.2 Å². The molecule has 0 spiro atoms. The Morgan fingerprint density at radius 2 is 1.83 bits per heavy atom. The Kier molecular flexibility index (Phi) is 7.06. The summed E-state index contributed by atoms with van der Waals surface area (Å²) in [6.45, 7) is 3.08. The summed E-state index contributed by atoms with van der Waals surface area (Å²) in [7, 11) is 3.06. The average Bonchev–Trinajstić information content (AvgIpc) is 2.78. The Labute approximate surface area is 175 Å². The molecule has 1 unspecified atom stereocenters. The molecule has 3 aromatic rings. The van der Waals surface area contributed by atoms with Crippen LogP contribution in [0.5, 0.6) is 11.5 Å². The molecule has 7 nitrogen and oxygen atoms in total. The maximum atomic E-state index is 12.8. The first-order valence-corrected chi connectivity index (χ1v) is 9.96. The number of aromatic nitrogens is 2. The molecule has 1 heterocycles. The van der Waals surface area contributed by atoms with Crippen molar-refractivity contribution < 1.29 is 14.3 Å². The zero-order valence-electron chi connectivity index (χ0n) is 17.6. The van der Waals surface area contributed by atoms with Gasteiger partial charge in [-0.1, -0.05) is 37.3 Å². The van der Waals surface area contributed by atoms with E-state index < -0.39 is 0 Å². The van der Waals surface area contributed by atoms with Crippen LogP contribution in [0.1, 0.15) is 31.2 Å². The summed E-state index contributed by atoms with van der Waals surface area (Å²) in [6, 6.07) is 13.4. The highest BCUT2D eigenvalue weighted by atomic mass is 16.5. The van der Waals surface area contributed by atoms with Crippen LogP contribution in [0.2, 0.25) is 0 Å². The number of fused-ring (bicyclic) bond motifs is 1. The molecule has 0 saturated heterocycles. The van der Waals surface area contributed by atoms with Crippen LogP contribution in [0.15, 0.2) is 53.6 Å². The van der Waals surface area contributed by atoms with Gasteiger partial charge in [-0.2, -0.15) is 0 Å². The van der Waals surface area contributed by atoms with Crippen molar-refractivity contribution in [1.82, 2.24) is 14.9 Å². The molecule has 3 rings (SSSR count). The van der Waals surface area contributed by atoms with Crippen LogP contribution in [0.3, 0.4) is 0 Å². The van der Waals surface area contributed by atoms with Gasteiger partial charge in [-0.3, -0.25) is 14.2 Å². The highest BCUT2D eigenvalue weighted by molar-refractivity contribution is 5.81. The van der Waals surface area contributed by atoms with E-state index in [0.29, 0.717) is 48.3 Å². The van der Waals surface area contributed by atoms with Crippen molar-refractivity contribution in [1.29, 1.82) is 0 Å². The number of hydrogen-bond donors (Lipinski definition) is 1. The van der Waals surface area contributed by atoms with Gasteiger partial charge in [0.15, 0.2) is 11.5 Å². The number of benzene rings is 2. The quantitative estimate of drug-likeness (QED) is 0.587. The fraction of sp³-hybridized carbons (Fsp3) is 0.348. The van der Waals surface area contributed by atoms with Gasteiger partial charge in [-0.15, -0.1) is 0 Å². The zero-order valence-corrected chi connectivity index (χ0v) is 17.6. The summed E-state index contributed by atoms with van der Waals surface area (Å²) in [6.07, 6.45) is 2.40. The standard InChI is InChI=1S/C23H27N3O4/c1-16(17-8-5-4-6-9-17)14-24-22(27)10-7-11-26-15-25-19-13-21(30-3)20(29-2)12-18(19)23(26)28/h4-6,8-9,12-13,15-16H,7,10-11,14H2,1-3H3,(H,24,27). The first-order chi connectivity index (χ1) is 14.5. The molecule has 1 atom stereocenters. The number of methoxy groups -OCH3 is 2. The van der Waals surface area contributed by atoms with Gasteiger partial charge in [-0.25, -0.2) is 4.98 Å². The van der Waals surface area contributed by atoms with Crippen LogP contribution in [-0.2, 0) is 11.3 Å². The number of nitrogens with one attached hydrogen (secondary N) is 1. The molecular weight excluding hydrogens is 382 g/mol. The van der Waals surface area contributed by atoms with Gasteiger partial charge in [0.25, 0.3) is 5.56 Å². The molecular formula is C23H27N3O4. The maximum Gasteiger partial charge on any atom is 0.261 e. The van der Waals surface area contributed by atoms with E-state index in [9.17, 15) is 9.59 Å². The molecule has 7 heteroatoms. The molecule has 2 aromatic carbocycles. The van der Waals surface area contributed by atoms with E-state index in [1.165, 1.54) is 30.7 Å². The van der Waals surface area contributed by atoms with E-state index >= 15 is 0 Å². The van der Waals surface area contributed by atoms with Crippen molar-refractivity contribution >= 4 is 16.8 Å². The topological polar surface area (TPSA) is 82.5 Å². The SMILES string of the molecule is COc1cc2ncn(CCCC(=O)NCC(C)c3ccccc3)c(=O)c2cc1OC. The van der Waals surface area contributed by atoms with E-state index in [4.69, 9.17) is 9.47 Å². The molecule has 0 bridgehead atoms. The lowest BCUT2D eigenvalue weighted by molar-refractivity contribution is -0.121. The maximum absolute atomic E-state index is 12.8. The Balaban J connectivity index is 1.57. The molecule has 0 fully saturated rings. The largest absolute Gasteiger partial charge is 0.493 e. The molecule has 0 aliphatic heterocycles. The van der Waals surface area contributed by atoms with E-state index in [1.54, 1.807) is 12.1 Å². The lowest BCUT2D eigenvalue weighted by atomic mass is 10.0. The highest BCUT2D eigenvalue weighted by Crippen LogP contribution is 2.29. The van der Waals surface area contributed by atoms with Gasteiger partial charge in [0.2, 0.25) is 5.91 Å². The fourth-order valence-electron chi connectivity index (χ4n) is 3.31. The molecule has 0 aliphatic rings. The Morgan fingerprint density at radius 3 is 2.53 bits per heavy atom. The van der Waals surface area contributed by atoms with E-state index in [0.717, 1.165) is 0 Å². The molecule has 158 valence electrons. The van der Waals surface area contributed by atoms with Gasteiger partial charge >= 0.3 is 0 Å². The summed E-state index contributed by atoms with van der Waals surface area (Å²) in [5.41, 5.74) is 1.57.